The molecule has 1 aromatic heterocycles. The van der Waals surface area contributed by atoms with Gasteiger partial charge in [-0.2, -0.15) is 0 Å². The van der Waals surface area contributed by atoms with Crippen molar-refractivity contribution in [2.24, 2.45) is 5.73 Å². The summed E-state index contributed by atoms with van der Waals surface area (Å²) in [6, 6.07) is 3.88. The smallest absolute Gasteiger partial charge is 0.257 e. The third-order valence-corrected chi connectivity index (χ3v) is 3.89. The maximum Gasteiger partial charge on any atom is 0.257 e. The highest BCUT2D eigenvalue weighted by Gasteiger charge is 2.25. The van der Waals surface area contributed by atoms with Crippen molar-refractivity contribution in [1.82, 2.24) is 9.88 Å². The fourth-order valence-corrected chi connectivity index (χ4v) is 2.70. The SMILES string of the molecule is CC(C)Nc1ncccc1C(=O)N1CCC(OCCCN)CC1.Cl.Cl. The average Bonchev–Trinajstić information content (AvgIpc) is 2.55. The zero-order chi connectivity index (χ0) is 16.7. The van der Waals surface area contributed by atoms with Gasteiger partial charge in [-0.25, -0.2) is 4.98 Å². The number of piperidine rings is 1. The third kappa shape index (κ3) is 7.36. The van der Waals surface area contributed by atoms with Crippen LogP contribution in [-0.4, -0.2) is 54.2 Å². The van der Waals surface area contributed by atoms with Gasteiger partial charge in [0.05, 0.1) is 11.7 Å². The topological polar surface area (TPSA) is 80.5 Å². The van der Waals surface area contributed by atoms with Crippen LogP contribution in [0.15, 0.2) is 18.3 Å². The Kier molecular flexibility index (Phi) is 11.8. The van der Waals surface area contributed by atoms with E-state index in [0.29, 0.717) is 24.5 Å². The maximum absolute atomic E-state index is 12.8. The minimum absolute atomic E-state index is 0. The highest BCUT2D eigenvalue weighted by atomic mass is 35.5. The monoisotopic (exact) mass is 392 g/mol. The molecule has 6 nitrogen and oxygen atoms in total. The minimum atomic E-state index is 0. The fraction of sp³-hybridized carbons (Fsp3) is 0.647. The number of anilines is 1. The highest BCUT2D eigenvalue weighted by Crippen LogP contribution is 2.20. The molecular weight excluding hydrogens is 363 g/mol. The van der Waals surface area contributed by atoms with Crippen molar-refractivity contribution in [2.75, 3.05) is 31.6 Å². The lowest BCUT2D eigenvalue weighted by molar-refractivity contribution is 0.00846. The molecule has 1 aliphatic rings. The van der Waals surface area contributed by atoms with Crippen molar-refractivity contribution in [3.63, 3.8) is 0 Å². The second-order valence-corrected chi connectivity index (χ2v) is 6.20. The Morgan fingerprint density at radius 2 is 2.08 bits per heavy atom. The van der Waals surface area contributed by atoms with Gasteiger partial charge in [0.1, 0.15) is 5.82 Å². The zero-order valence-electron chi connectivity index (χ0n) is 14.9. The van der Waals surface area contributed by atoms with Crippen LogP contribution in [0.4, 0.5) is 5.82 Å². The van der Waals surface area contributed by atoms with Gasteiger partial charge in [-0.3, -0.25) is 4.79 Å². The normalized spacial score (nSPS) is 14.6. The number of rotatable bonds is 7. The largest absolute Gasteiger partial charge is 0.378 e. The number of nitrogens with two attached hydrogens (primary N) is 1. The lowest BCUT2D eigenvalue weighted by atomic mass is 10.1. The lowest BCUT2D eigenvalue weighted by Gasteiger charge is -2.32. The van der Waals surface area contributed by atoms with Gasteiger partial charge < -0.3 is 20.7 Å². The van der Waals surface area contributed by atoms with Crippen molar-refractivity contribution in [3.05, 3.63) is 23.9 Å². The first-order chi connectivity index (χ1) is 11.1. The molecule has 0 spiro atoms. The second-order valence-electron chi connectivity index (χ2n) is 6.20. The zero-order valence-corrected chi connectivity index (χ0v) is 16.6. The van der Waals surface area contributed by atoms with Crippen LogP contribution in [0.1, 0.15) is 43.5 Å². The van der Waals surface area contributed by atoms with Crippen molar-refractivity contribution < 1.29 is 9.53 Å². The summed E-state index contributed by atoms with van der Waals surface area (Å²) in [6.45, 7) is 6.88. The van der Waals surface area contributed by atoms with Gasteiger partial charge >= 0.3 is 0 Å². The summed E-state index contributed by atoms with van der Waals surface area (Å²) >= 11 is 0. The predicted octanol–water partition coefficient (Wildman–Crippen LogP) is 2.72. The number of hydrogen-bond donors (Lipinski definition) is 2. The minimum Gasteiger partial charge on any atom is -0.378 e. The standard InChI is InChI=1S/C17H28N4O2.2ClH/c1-13(2)20-16-15(5-3-9-19-16)17(22)21-10-6-14(7-11-21)23-12-4-8-18;;/h3,5,9,13-14H,4,6-8,10-12,18H2,1-2H3,(H,19,20);2*1H. The Bertz CT molecular complexity index is 509. The van der Waals surface area contributed by atoms with E-state index in [1.54, 1.807) is 12.3 Å². The van der Waals surface area contributed by atoms with E-state index in [2.05, 4.69) is 10.3 Å². The lowest BCUT2D eigenvalue weighted by Crippen LogP contribution is -2.41. The van der Waals surface area contributed by atoms with Crippen LogP contribution in [0, 0.1) is 0 Å². The maximum atomic E-state index is 12.8. The Morgan fingerprint density at radius 3 is 2.68 bits per heavy atom. The van der Waals surface area contributed by atoms with Crippen molar-refractivity contribution >= 4 is 36.5 Å². The summed E-state index contributed by atoms with van der Waals surface area (Å²) in [5.74, 6) is 0.704. The number of nitrogens with one attached hydrogen (secondary N) is 1. The van der Waals surface area contributed by atoms with Gasteiger partial charge in [0, 0.05) is 31.9 Å². The van der Waals surface area contributed by atoms with Crippen LogP contribution in [0.5, 0.6) is 0 Å². The van der Waals surface area contributed by atoms with Crippen LogP contribution in [0.3, 0.4) is 0 Å². The van der Waals surface area contributed by atoms with Crippen molar-refractivity contribution in [2.45, 2.75) is 45.3 Å². The molecule has 0 radical (unpaired) electrons. The summed E-state index contributed by atoms with van der Waals surface area (Å²) in [5, 5.41) is 3.24. The number of carbonyl (C=O) groups excluding carboxylic acids is 1. The second kappa shape index (κ2) is 12.3. The number of likely N-dealkylation sites (tertiary alicyclic amines) is 1. The van der Waals surface area contributed by atoms with Crippen LogP contribution >= 0.6 is 24.8 Å². The summed E-state index contributed by atoms with van der Waals surface area (Å²) in [5.41, 5.74) is 6.12. The molecule has 1 saturated heterocycles. The number of hydrogen-bond acceptors (Lipinski definition) is 5. The van der Waals surface area contributed by atoms with Gasteiger partial charge in [-0.05, 0) is 51.8 Å². The molecule has 1 amide bonds. The fourth-order valence-electron chi connectivity index (χ4n) is 2.70. The summed E-state index contributed by atoms with van der Waals surface area (Å²) in [4.78, 5) is 19.0. The molecule has 0 saturated carbocycles. The number of pyridine rings is 1. The molecule has 2 heterocycles. The molecule has 1 aliphatic heterocycles. The van der Waals surface area contributed by atoms with Gasteiger partial charge in [0.15, 0.2) is 0 Å². The van der Waals surface area contributed by atoms with E-state index >= 15 is 0 Å². The van der Waals surface area contributed by atoms with Crippen molar-refractivity contribution in [3.8, 4) is 0 Å². The summed E-state index contributed by atoms with van der Waals surface area (Å²) < 4.78 is 5.79. The van der Waals surface area contributed by atoms with Crippen LogP contribution in [0.25, 0.3) is 0 Å². The molecule has 1 aromatic rings. The van der Waals surface area contributed by atoms with Crippen molar-refractivity contribution in [1.29, 1.82) is 0 Å². The molecule has 0 unspecified atom stereocenters. The first kappa shape index (κ1) is 23.9. The van der Waals surface area contributed by atoms with E-state index in [-0.39, 0.29) is 42.9 Å². The van der Waals surface area contributed by atoms with E-state index in [1.165, 1.54) is 0 Å². The van der Waals surface area contributed by atoms with Crippen LogP contribution < -0.4 is 11.1 Å². The number of amides is 1. The summed E-state index contributed by atoms with van der Waals surface area (Å²) in [7, 11) is 0. The summed E-state index contributed by atoms with van der Waals surface area (Å²) in [6.07, 6.45) is 4.60. The average molecular weight is 393 g/mol. The number of ether oxygens (including phenoxy) is 1. The van der Waals surface area contributed by atoms with Gasteiger partial charge in [0.25, 0.3) is 5.91 Å². The highest BCUT2D eigenvalue weighted by molar-refractivity contribution is 5.98. The van der Waals surface area contributed by atoms with E-state index in [0.717, 1.165) is 32.4 Å². The molecule has 2 rings (SSSR count). The third-order valence-electron chi connectivity index (χ3n) is 3.89. The predicted molar refractivity (Wildman–Crippen MR) is 106 cm³/mol. The van der Waals surface area contributed by atoms with Gasteiger partial charge in [-0.1, -0.05) is 0 Å². The molecule has 144 valence electrons. The molecule has 0 bridgehead atoms. The number of carbonyl (C=O) groups is 1. The van der Waals surface area contributed by atoms with Gasteiger partial charge in [-0.15, -0.1) is 24.8 Å². The number of halogens is 2. The van der Waals surface area contributed by atoms with E-state index in [9.17, 15) is 4.79 Å². The van der Waals surface area contributed by atoms with E-state index < -0.39 is 0 Å². The number of nitrogens with zero attached hydrogens (tertiary/aromatic N) is 2. The van der Waals surface area contributed by atoms with E-state index in [1.807, 2.05) is 24.8 Å². The molecule has 0 aromatic carbocycles. The molecule has 8 heteroatoms. The van der Waals surface area contributed by atoms with Crippen LogP contribution in [-0.2, 0) is 4.74 Å². The first-order valence-corrected chi connectivity index (χ1v) is 8.44. The first-order valence-electron chi connectivity index (χ1n) is 8.44. The molecule has 0 aliphatic carbocycles. The van der Waals surface area contributed by atoms with Crippen LogP contribution in [0.2, 0.25) is 0 Å². The molecule has 1 fully saturated rings. The molecule has 25 heavy (non-hydrogen) atoms. The Labute approximate surface area is 162 Å². The Balaban J connectivity index is 0.00000288. The Hall–Kier alpha value is -1.08. The van der Waals surface area contributed by atoms with E-state index in [4.69, 9.17) is 10.5 Å². The quantitative estimate of drug-likeness (QED) is 0.697. The molecule has 3 N–H and O–H groups in total. The Morgan fingerprint density at radius 1 is 1.40 bits per heavy atom. The number of aromatic nitrogens is 1. The molecular formula is C17H30Cl2N4O2. The van der Waals surface area contributed by atoms with Gasteiger partial charge in [0.2, 0.25) is 0 Å². The molecule has 0 atom stereocenters.